The van der Waals surface area contributed by atoms with E-state index in [2.05, 4.69) is 0 Å². The molecule has 0 fully saturated rings. The van der Waals surface area contributed by atoms with Crippen molar-refractivity contribution < 1.29 is 10.0 Å². The summed E-state index contributed by atoms with van der Waals surface area (Å²) < 4.78 is 0. The van der Waals surface area contributed by atoms with Gasteiger partial charge in [-0.05, 0) is 23.9 Å². The molecule has 10 heavy (non-hydrogen) atoms. The number of rotatable bonds is 1. The van der Waals surface area contributed by atoms with Gasteiger partial charge < -0.3 is 0 Å². The molecule has 0 atom stereocenters. The molecule has 1 aromatic heterocycles. The van der Waals surface area contributed by atoms with Crippen LogP contribution in [0.1, 0.15) is 15.2 Å². The summed E-state index contributed by atoms with van der Waals surface area (Å²) in [5.41, 5.74) is 2.60. The van der Waals surface area contributed by atoms with E-state index in [0.717, 1.165) is 5.56 Å². The van der Waals surface area contributed by atoms with Gasteiger partial charge in [-0.25, -0.2) is 5.48 Å². The Labute approximate surface area is 62.3 Å². The summed E-state index contributed by atoms with van der Waals surface area (Å²) in [4.78, 5) is 11.2. The minimum atomic E-state index is -0.446. The predicted molar refractivity (Wildman–Crippen MR) is 38.3 cm³/mol. The lowest BCUT2D eigenvalue weighted by Gasteiger charge is -1.89. The average molecular weight is 157 g/mol. The molecular weight excluding hydrogens is 150 g/mol. The third-order valence-electron chi connectivity index (χ3n) is 1.06. The number of hydroxylamine groups is 1. The van der Waals surface area contributed by atoms with Gasteiger partial charge in [-0.1, -0.05) is 0 Å². The van der Waals surface area contributed by atoms with E-state index in [1.165, 1.54) is 11.3 Å². The van der Waals surface area contributed by atoms with Crippen LogP contribution in [0.25, 0.3) is 0 Å². The molecule has 0 aliphatic heterocycles. The van der Waals surface area contributed by atoms with E-state index in [9.17, 15) is 4.79 Å². The number of hydrogen-bond acceptors (Lipinski definition) is 3. The highest BCUT2D eigenvalue weighted by Gasteiger charge is 2.04. The molecule has 1 heterocycles. The quantitative estimate of drug-likeness (QED) is 0.475. The van der Waals surface area contributed by atoms with E-state index in [1.807, 2.05) is 12.3 Å². The van der Waals surface area contributed by atoms with E-state index in [-0.39, 0.29) is 0 Å². The van der Waals surface area contributed by atoms with Gasteiger partial charge in [-0.3, -0.25) is 10.0 Å². The van der Waals surface area contributed by atoms with Crippen molar-refractivity contribution in [2.45, 2.75) is 6.92 Å². The Kier molecular flexibility index (Phi) is 2.03. The van der Waals surface area contributed by atoms with Gasteiger partial charge in [0.25, 0.3) is 5.91 Å². The molecule has 0 aliphatic rings. The Bertz CT molecular complexity index is 244. The van der Waals surface area contributed by atoms with Crippen LogP contribution in [0.4, 0.5) is 0 Å². The van der Waals surface area contributed by atoms with Gasteiger partial charge in [-0.2, -0.15) is 0 Å². The molecule has 0 saturated heterocycles. The van der Waals surface area contributed by atoms with E-state index in [4.69, 9.17) is 5.21 Å². The fourth-order valence-electron chi connectivity index (χ4n) is 0.605. The Balaban J connectivity index is 2.85. The van der Waals surface area contributed by atoms with Crippen molar-refractivity contribution in [3.05, 3.63) is 21.9 Å². The van der Waals surface area contributed by atoms with Crippen LogP contribution in [0.5, 0.6) is 0 Å². The molecule has 0 saturated carbocycles. The first-order valence-electron chi connectivity index (χ1n) is 2.73. The van der Waals surface area contributed by atoms with Crippen LogP contribution < -0.4 is 5.48 Å². The highest BCUT2D eigenvalue weighted by atomic mass is 32.1. The Morgan fingerprint density at radius 1 is 1.80 bits per heavy atom. The predicted octanol–water partition coefficient (Wildman–Crippen LogP) is 1.18. The summed E-state index contributed by atoms with van der Waals surface area (Å²) in [6, 6.07) is 1.72. The smallest absolute Gasteiger partial charge is 0.284 e. The van der Waals surface area contributed by atoms with E-state index in [1.54, 1.807) is 11.5 Å². The summed E-state index contributed by atoms with van der Waals surface area (Å²) in [5, 5.41) is 10.1. The van der Waals surface area contributed by atoms with Crippen molar-refractivity contribution in [3.8, 4) is 0 Å². The first-order chi connectivity index (χ1) is 4.74. The van der Waals surface area contributed by atoms with Gasteiger partial charge in [0.05, 0.1) is 4.88 Å². The number of nitrogens with one attached hydrogen (secondary N) is 1. The lowest BCUT2D eigenvalue weighted by Crippen LogP contribution is -2.16. The summed E-state index contributed by atoms with van der Waals surface area (Å²) in [6.45, 7) is 1.89. The zero-order chi connectivity index (χ0) is 7.56. The van der Waals surface area contributed by atoms with Gasteiger partial charge in [0, 0.05) is 0 Å². The molecule has 0 aliphatic carbocycles. The fraction of sp³-hybridized carbons (Fsp3) is 0.167. The molecule has 54 valence electrons. The van der Waals surface area contributed by atoms with Crippen LogP contribution >= 0.6 is 11.3 Å². The lowest BCUT2D eigenvalue weighted by atomic mass is 10.3. The van der Waals surface area contributed by atoms with E-state index in [0.29, 0.717) is 4.88 Å². The molecule has 0 aromatic carbocycles. The molecule has 0 unspecified atom stereocenters. The van der Waals surface area contributed by atoms with Crippen LogP contribution in [0.15, 0.2) is 11.4 Å². The van der Waals surface area contributed by atoms with Gasteiger partial charge in [0.1, 0.15) is 0 Å². The Morgan fingerprint density at radius 3 is 2.90 bits per heavy atom. The zero-order valence-corrected chi connectivity index (χ0v) is 6.23. The largest absolute Gasteiger partial charge is 0.288 e. The molecule has 1 aromatic rings. The summed E-state index contributed by atoms with van der Waals surface area (Å²) in [5.74, 6) is -0.446. The monoisotopic (exact) mass is 157 g/mol. The molecule has 0 radical (unpaired) electrons. The molecule has 0 spiro atoms. The fourth-order valence-corrected chi connectivity index (χ4v) is 1.39. The van der Waals surface area contributed by atoms with Crippen LogP contribution in [-0.2, 0) is 0 Å². The number of thiophene rings is 1. The summed E-state index contributed by atoms with van der Waals surface area (Å²) in [6.07, 6.45) is 0. The molecule has 0 bridgehead atoms. The minimum absolute atomic E-state index is 0.446. The zero-order valence-electron chi connectivity index (χ0n) is 5.42. The molecular formula is C6H7NO2S. The van der Waals surface area contributed by atoms with Crippen molar-refractivity contribution in [3.63, 3.8) is 0 Å². The first kappa shape index (κ1) is 7.24. The van der Waals surface area contributed by atoms with Crippen molar-refractivity contribution in [2.75, 3.05) is 0 Å². The summed E-state index contributed by atoms with van der Waals surface area (Å²) in [7, 11) is 0. The minimum Gasteiger partial charge on any atom is -0.288 e. The number of amides is 1. The van der Waals surface area contributed by atoms with E-state index < -0.39 is 5.91 Å². The standard InChI is InChI=1S/C6H7NO2S/c1-4-2-5(10-3-4)6(8)7-9/h2-3,9H,1H3,(H,7,8). The topological polar surface area (TPSA) is 49.3 Å². The third-order valence-corrected chi connectivity index (χ3v) is 2.10. The van der Waals surface area contributed by atoms with Crippen molar-refractivity contribution in [1.82, 2.24) is 5.48 Å². The molecule has 3 nitrogen and oxygen atoms in total. The second kappa shape index (κ2) is 2.81. The van der Waals surface area contributed by atoms with Crippen molar-refractivity contribution >= 4 is 17.2 Å². The molecule has 1 rings (SSSR count). The maximum atomic E-state index is 10.7. The maximum absolute atomic E-state index is 10.7. The van der Waals surface area contributed by atoms with Gasteiger partial charge in [-0.15, -0.1) is 11.3 Å². The Morgan fingerprint density at radius 2 is 2.50 bits per heavy atom. The van der Waals surface area contributed by atoms with Crippen LogP contribution in [0, 0.1) is 6.92 Å². The number of aryl methyl sites for hydroxylation is 1. The SMILES string of the molecule is Cc1csc(C(=O)NO)c1. The van der Waals surface area contributed by atoms with Gasteiger partial charge in [0.2, 0.25) is 0 Å². The molecule has 2 N–H and O–H groups in total. The van der Waals surface area contributed by atoms with Gasteiger partial charge in [0.15, 0.2) is 0 Å². The van der Waals surface area contributed by atoms with Crippen LogP contribution in [-0.4, -0.2) is 11.1 Å². The third kappa shape index (κ3) is 1.34. The Hall–Kier alpha value is -0.870. The van der Waals surface area contributed by atoms with Crippen LogP contribution in [0.3, 0.4) is 0 Å². The highest BCUT2D eigenvalue weighted by molar-refractivity contribution is 7.12. The van der Waals surface area contributed by atoms with Crippen molar-refractivity contribution in [2.24, 2.45) is 0 Å². The van der Waals surface area contributed by atoms with Crippen molar-refractivity contribution in [1.29, 1.82) is 0 Å². The van der Waals surface area contributed by atoms with Gasteiger partial charge >= 0.3 is 0 Å². The second-order valence-corrected chi connectivity index (χ2v) is 2.84. The molecule has 4 heteroatoms. The maximum Gasteiger partial charge on any atom is 0.284 e. The number of carbonyl (C=O) groups is 1. The number of carbonyl (C=O) groups excluding carboxylic acids is 1. The lowest BCUT2D eigenvalue weighted by molar-refractivity contribution is 0.0711. The number of hydrogen-bond donors (Lipinski definition) is 2. The normalized spacial score (nSPS) is 9.40. The second-order valence-electron chi connectivity index (χ2n) is 1.93. The summed E-state index contributed by atoms with van der Waals surface area (Å²) >= 11 is 1.31. The molecule has 1 amide bonds. The highest BCUT2D eigenvalue weighted by Crippen LogP contribution is 2.12. The average Bonchev–Trinajstić information content (AvgIpc) is 2.34. The van der Waals surface area contributed by atoms with E-state index >= 15 is 0 Å². The van der Waals surface area contributed by atoms with Crippen LogP contribution in [0.2, 0.25) is 0 Å². The first-order valence-corrected chi connectivity index (χ1v) is 3.61.